The van der Waals surface area contributed by atoms with Crippen molar-refractivity contribution < 1.29 is 22.7 Å². The number of esters is 1. The summed E-state index contributed by atoms with van der Waals surface area (Å²) < 4.78 is 31.2. The van der Waals surface area contributed by atoms with Gasteiger partial charge in [0.1, 0.15) is 6.54 Å². The molecule has 134 valence electrons. The van der Waals surface area contributed by atoms with E-state index >= 15 is 0 Å². The van der Waals surface area contributed by atoms with Crippen molar-refractivity contribution in [1.29, 1.82) is 0 Å². The van der Waals surface area contributed by atoms with Crippen molar-refractivity contribution in [2.75, 3.05) is 13.2 Å². The van der Waals surface area contributed by atoms with Crippen LogP contribution in [0.5, 0.6) is 0 Å². The predicted octanol–water partition coefficient (Wildman–Crippen LogP) is 1.04. The zero-order valence-corrected chi connectivity index (χ0v) is 15.4. The number of sulfonamides is 1. The molecule has 2 N–H and O–H groups in total. The Balaban J connectivity index is 2.54. The van der Waals surface area contributed by atoms with Gasteiger partial charge in [0.05, 0.1) is 4.90 Å². The minimum atomic E-state index is -3.81. The van der Waals surface area contributed by atoms with Crippen LogP contribution in [0.25, 0.3) is 0 Å². The summed E-state index contributed by atoms with van der Waals surface area (Å²) >= 11 is 0. The summed E-state index contributed by atoms with van der Waals surface area (Å²) in [5.74, 6) is -1.28. The third-order valence-corrected chi connectivity index (χ3v) is 4.47. The lowest BCUT2D eigenvalue weighted by Crippen LogP contribution is -2.43. The predicted molar refractivity (Wildman–Crippen MR) is 90.0 cm³/mol. The van der Waals surface area contributed by atoms with Gasteiger partial charge >= 0.3 is 5.97 Å². The number of aryl methyl sites for hydroxylation is 2. The Morgan fingerprint density at radius 2 is 1.75 bits per heavy atom. The van der Waals surface area contributed by atoms with E-state index in [1.807, 2.05) is 6.92 Å². The van der Waals surface area contributed by atoms with E-state index in [1.54, 1.807) is 33.8 Å². The van der Waals surface area contributed by atoms with Gasteiger partial charge in [0.25, 0.3) is 5.91 Å². The van der Waals surface area contributed by atoms with Crippen LogP contribution >= 0.6 is 0 Å². The van der Waals surface area contributed by atoms with Gasteiger partial charge in [0.2, 0.25) is 10.0 Å². The van der Waals surface area contributed by atoms with Gasteiger partial charge in [0, 0.05) is 5.54 Å². The van der Waals surface area contributed by atoms with Crippen LogP contribution in [0.1, 0.15) is 31.9 Å². The van der Waals surface area contributed by atoms with E-state index in [2.05, 4.69) is 10.0 Å². The molecule has 0 aliphatic heterocycles. The highest BCUT2D eigenvalue weighted by atomic mass is 32.2. The molecule has 0 aliphatic rings. The quantitative estimate of drug-likeness (QED) is 0.742. The summed E-state index contributed by atoms with van der Waals surface area (Å²) in [6.07, 6.45) is 0. The SMILES string of the molecule is Cc1ccc(S(=O)(=O)NCC(=O)OCC(=O)NC(C)(C)C)cc1C. The monoisotopic (exact) mass is 356 g/mol. The third kappa shape index (κ3) is 6.67. The second kappa shape index (κ2) is 7.76. The van der Waals surface area contributed by atoms with Crippen molar-refractivity contribution in [3.8, 4) is 0 Å². The molecule has 0 radical (unpaired) electrons. The number of carbonyl (C=O) groups excluding carboxylic acids is 2. The first kappa shape index (κ1) is 20.1. The molecule has 0 spiro atoms. The normalized spacial score (nSPS) is 11.9. The third-order valence-electron chi connectivity index (χ3n) is 3.07. The number of nitrogens with one attached hydrogen (secondary N) is 2. The molecule has 0 fully saturated rings. The van der Waals surface area contributed by atoms with Crippen LogP contribution in [0.2, 0.25) is 0 Å². The van der Waals surface area contributed by atoms with Crippen LogP contribution in [-0.4, -0.2) is 39.0 Å². The van der Waals surface area contributed by atoms with Crippen molar-refractivity contribution in [2.45, 2.75) is 45.1 Å². The summed E-state index contributed by atoms with van der Waals surface area (Å²) in [6, 6.07) is 4.69. The molecule has 0 bridgehead atoms. The van der Waals surface area contributed by atoms with Gasteiger partial charge in [-0.2, -0.15) is 4.72 Å². The maximum absolute atomic E-state index is 12.1. The molecule has 1 aromatic rings. The fourth-order valence-electron chi connectivity index (χ4n) is 1.77. The Labute approximate surface area is 142 Å². The molecule has 0 aliphatic carbocycles. The maximum atomic E-state index is 12.1. The van der Waals surface area contributed by atoms with E-state index in [-0.39, 0.29) is 4.90 Å². The van der Waals surface area contributed by atoms with Crippen molar-refractivity contribution >= 4 is 21.9 Å². The van der Waals surface area contributed by atoms with E-state index in [1.165, 1.54) is 12.1 Å². The minimum absolute atomic E-state index is 0.0730. The highest BCUT2D eigenvalue weighted by Gasteiger charge is 2.18. The molecule has 0 aromatic heterocycles. The molecule has 0 saturated carbocycles. The van der Waals surface area contributed by atoms with Crippen LogP contribution < -0.4 is 10.0 Å². The van der Waals surface area contributed by atoms with E-state index in [0.717, 1.165) is 11.1 Å². The molecular formula is C16H24N2O5S. The highest BCUT2D eigenvalue weighted by Crippen LogP contribution is 2.14. The molecule has 1 aromatic carbocycles. The van der Waals surface area contributed by atoms with Gasteiger partial charge in [-0.1, -0.05) is 6.07 Å². The fraction of sp³-hybridized carbons (Fsp3) is 0.500. The van der Waals surface area contributed by atoms with Crippen molar-refractivity contribution in [3.05, 3.63) is 29.3 Å². The molecule has 0 unspecified atom stereocenters. The van der Waals surface area contributed by atoms with Gasteiger partial charge in [0.15, 0.2) is 6.61 Å². The lowest BCUT2D eigenvalue weighted by molar-refractivity contribution is -0.147. The first-order valence-corrected chi connectivity index (χ1v) is 8.92. The van der Waals surface area contributed by atoms with Crippen LogP contribution in [0.4, 0.5) is 0 Å². The maximum Gasteiger partial charge on any atom is 0.321 e. The van der Waals surface area contributed by atoms with Gasteiger partial charge in [-0.05, 0) is 57.9 Å². The van der Waals surface area contributed by atoms with E-state index < -0.39 is 40.6 Å². The average Bonchev–Trinajstić information content (AvgIpc) is 2.44. The van der Waals surface area contributed by atoms with Crippen LogP contribution in [0.3, 0.4) is 0 Å². The Morgan fingerprint density at radius 3 is 2.29 bits per heavy atom. The van der Waals surface area contributed by atoms with Crippen molar-refractivity contribution in [2.24, 2.45) is 0 Å². The van der Waals surface area contributed by atoms with Crippen LogP contribution in [0.15, 0.2) is 23.1 Å². The number of amides is 1. The lowest BCUT2D eigenvalue weighted by Gasteiger charge is -2.20. The molecule has 7 nitrogen and oxygen atoms in total. The van der Waals surface area contributed by atoms with E-state index in [4.69, 9.17) is 4.74 Å². The van der Waals surface area contributed by atoms with E-state index in [0.29, 0.717) is 0 Å². The van der Waals surface area contributed by atoms with Crippen LogP contribution in [-0.2, 0) is 24.3 Å². The van der Waals surface area contributed by atoms with Crippen molar-refractivity contribution in [3.63, 3.8) is 0 Å². The van der Waals surface area contributed by atoms with Crippen LogP contribution in [0, 0.1) is 13.8 Å². The first-order valence-electron chi connectivity index (χ1n) is 7.44. The second-order valence-corrected chi connectivity index (χ2v) is 8.30. The zero-order valence-electron chi connectivity index (χ0n) is 14.6. The molecule has 1 rings (SSSR count). The number of ether oxygens (including phenoxy) is 1. The number of rotatable bonds is 6. The summed E-state index contributed by atoms with van der Waals surface area (Å²) in [4.78, 5) is 23.2. The molecule has 0 heterocycles. The topological polar surface area (TPSA) is 102 Å². The molecule has 24 heavy (non-hydrogen) atoms. The molecular weight excluding hydrogens is 332 g/mol. The number of carbonyl (C=O) groups is 2. The largest absolute Gasteiger partial charge is 0.455 e. The molecule has 1 amide bonds. The second-order valence-electron chi connectivity index (χ2n) is 6.53. The number of hydrogen-bond donors (Lipinski definition) is 2. The summed E-state index contributed by atoms with van der Waals surface area (Å²) in [7, 11) is -3.81. The minimum Gasteiger partial charge on any atom is -0.455 e. The summed E-state index contributed by atoms with van der Waals surface area (Å²) in [6.45, 7) is 8.06. The Kier molecular flexibility index (Phi) is 6.50. The van der Waals surface area contributed by atoms with Gasteiger partial charge in [-0.3, -0.25) is 9.59 Å². The number of hydrogen-bond acceptors (Lipinski definition) is 5. The summed E-state index contributed by atoms with van der Waals surface area (Å²) in [5, 5.41) is 2.63. The standard InChI is InChI=1S/C16H24N2O5S/c1-11-6-7-13(8-12(11)2)24(21,22)17-9-15(20)23-10-14(19)18-16(3,4)5/h6-8,17H,9-10H2,1-5H3,(H,18,19). The Bertz CT molecular complexity index is 720. The molecule has 8 heteroatoms. The molecule has 0 saturated heterocycles. The van der Waals surface area contributed by atoms with Crippen molar-refractivity contribution in [1.82, 2.24) is 10.0 Å². The van der Waals surface area contributed by atoms with E-state index in [9.17, 15) is 18.0 Å². The zero-order chi connectivity index (χ0) is 18.5. The highest BCUT2D eigenvalue weighted by molar-refractivity contribution is 7.89. The first-order chi connectivity index (χ1) is 10.9. The Morgan fingerprint density at radius 1 is 1.12 bits per heavy atom. The summed E-state index contributed by atoms with van der Waals surface area (Å²) in [5.41, 5.74) is 1.37. The fourth-order valence-corrected chi connectivity index (χ4v) is 2.82. The van der Waals surface area contributed by atoms with Gasteiger partial charge in [-0.25, -0.2) is 8.42 Å². The lowest BCUT2D eigenvalue weighted by atomic mass is 10.1. The van der Waals surface area contributed by atoms with Gasteiger partial charge in [-0.15, -0.1) is 0 Å². The Hall–Kier alpha value is -1.93. The average molecular weight is 356 g/mol. The number of benzene rings is 1. The molecule has 0 atom stereocenters. The smallest absolute Gasteiger partial charge is 0.321 e. The van der Waals surface area contributed by atoms with Gasteiger partial charge < -0.3 is 10.1 Å².